The lowest BCUT2D eigenvalue weighted by atomic mass is 9.98. The topological polar surface area (TPSA) is 218 Å². The largest absolute Gasteiger partial charge is 0.478 e. The number of fused-ring (bicyclic) bond motifs is 4. The maximum Gasteiger partial charge on any atom is 0.335 e. The van der Waals surface area contributed by atoms with Crippen LogP contribution in [0, 0.1) is 0 Å². The summed E-state index contributed by atoms with van der Waals surface area (Å²) in [6.45, 7) is 5.11. The molecule has 16 heteroatoms. The maximum absolute atomic E-state index is 12.6. The monoisotopic (exact) mass is 1060 g/mol. The highest BCUT2D eigenvalue weighted by molar-refractivity contribution is 6.11. The first-order chi connectivity index (χ1) is 38.0. The Balaban J connectivity index is 0.000000193. The molecule has 0 bridgehead atoms. The molecule has 2 amide bonds. The molecule has 0 saturated carbocycles. The number of carbonyl (C=O) groups excluding carboxylic acids is 2. The summed E-state index contributed by atoms with van der Waals surface area (Å²) in [6.07, 6.45) is 5.53. The van der Waals surface area contributed by atoms with Gasteiger partial charge in [0.05, 0.1) is 56.7 Å². The predicted octanol–water partition coefficient (Wildman–Crippen LogP) is 8.74. The lowest BCUT2D eigenvalue weighted by Gasteiger charge is -2.10. The number of carboxylic acids is 2. The molecule has 6 N–H and O–H groups in total. The number of carbonyl (C=O) groups is 4. The number of rotatable bonds is 19. The first kappa shape index (κ1) is 56.9. The quantitative estimate of drug-likeness (QED) is 0.0486. The number of hydrogen-bond acceptors (Lipinski definition) is 12. The molecule has 0 fully saturated rings. The minimum Gasteiger partial charge on any atom is -0.478 e. The highest BCUT2D eigenvalue weighted by Crippen LogP contribution is 2.34. The van der Waals surface area contributed by atoms with Crippen molar-refractivity contribution in [2.24, 2.45) is 25.7 Å². The molecule has 408 valence electrons. The van der Waals surface area contributed by atoms with E-state index in [-0.39, 0.29) is 22.9 Å². The minimum atomic E-state index is -0.940. The molecule has 0 atom stereocenters. The molecule has 0 spiro atoms. The van der Waals surface area contributed by atoms with Gasteiger partial charge in [0.15, 0.2) is 0 Å². The van der Waals surface area contributed by atoms with Crippen LogP contribution in [0.15, 0.2) is 141 Å². The van der Waals surface area contributed by atoms with E-state index in [2.05, 4.69) is 73.7 Å². The van der Waals surface area contributed by atoms with E-state index in [1.165, 1.54) is 0 Å². The molecule has 0 aromatic heterocycles. The Hall–Kier alpha value is -8.28. The summed E-state index contributed by atoms with van der Waals surface area (Å²) in [6, 6.07) is 37.8. The van der Waals surface area contributed by atoms with Gasteiger partial charge >= 0.3 is 11.9 Å². The number of nitrogens with one attached hydrogen (secondary N) is 2. The lowest BCUT2D eigenvalue weighted by Crippen LogP contribution is -2.27. The van der Waals surface area contributed by atoms with Crippen LogP contribution in [-0.4, -0.2) is 153 Å². The summed E-state index contributed by atoms with van der Waals surface area (Å²) in [4.78, 5) is 72.9. The van der Waals surface area contributed by atoms with Crippen LogP contribution >= 0.6 is 0 Å². The Morgan fingerprint density at radius 3 is 0.937 bits per heavy atom. The number of aromatic carboxylic acids is 2. The Morgan fingerprint density at radius 1 is 0.418 bits per heavy atom. The van der Waals surface area contributed by atoms with Gasteiger partial charge in [-0.1, -0.05) is 48.5 Å². The van der Waals surface area contributed by atoms with Crippen molar-refractivity contribution in [1.82, 2.24) is 25.3 Å². The predicted molar refractivity (Wildman–Crippen MR) is 315 cm³/mol. The summed E-state index contributed by atoms with van der Waals surface area (Å²) >= 11 is 0. The highest BCUT2D eigenvalue weighted by Gasteiger charge is 2.23. The number of aliphatic imine (C=N–C) groups is 4. The molecule has 0 aliphatic carbocycles. The van der Waals surface area contributed by atoms with Gasteiger partial charge in [-0.2, -0.15) is 0 Å². The molecule has 6 aromatic rings. The number of carboxylic acid groups (broad SMARTS) is 2. The van der Waals surface area contributed by atoms with E-state index in [9.17, 15) is 19.2 Å². The summed E-state index contributed by atoms with van der Waals surface area (Å²) in [5.74, 6) is -1.96. The fraction of sp³-hybridized carbons (Fsp3) is 0.302. The zero-order valence-electron chi connectivity index (χ0n) is 46.0. The number of benzene rings is 6. The summed E-state index contributed by atoms with van der Waals surface area (Å²) in [5, 5.41) is 24.4. The van der Waals surface area contributed by atoms with E-state index in [1.807, 2.05) is 88.9 Å². The molecule has 0 unspecified atom stereocenters. The Kier molecular flexibility index (Phi) is 19.0. The third-order valence-corrected chi connectivity index (χ3v) is 13.8. The van der Waals surface area contributed by atoms with E-state index < -0.39 is 11.9 Å². The lowest BCUT2D eigenvalue weighted by molar-refractivity contribution is 0.0686. The van der Waals surface area contributed by atoms with Crippen LogP contribution in [-0.2, 0) is 25.7 Å². The van der Waals surface area contributed by atoms with E-state index in [0.29, 0.717) is 49.9 Å². The van der Waals surface area contributed by atoms with E-state index in [1.54, 1.807) is 36.4 Å². The van der Waals surface area contributed by atoms with Gasteiger partial charge < -0.3 is 41.3 Å². The van der Waals surface area contributed by atoms with Gasteiger partial charge in [0.1, 0.15) is 0 Å². The average molecular weight is 1060 g/mol. The Bertz CT molecular complexity index is 3140. The van der Waals surface area contributed by atoms with Crippen molar-refractivity contribution in [3.05, 3.63) is 188 Å². The van der Waals surface area contributed by atoms with Crippen LogP contribution in [0.2, 0.25) is 0 Å². The zero-order chi connectivity index (χ0) is 56.2. The van der Waals surface area contributed by atoms with Crippen LogP contribution in [0.4, 0.5) is 22.7 Å². The molecule has 0 saturated heterocycles. The normalized spacial score (nSPS) is 13.4. The van der Waals surface area contributed by atoms with Crippen molar-refractivity contribution in [1.29, 1.82) is 0 Å². The number of amides is 2. The van der Waals surface area contributed by atoms with Crippen LogP contribution in [0.25, 0.3) is 0 Å². The van der Waals surface area contributed by atoms with Crippen molar-refractivity contribution in [2.45, 2.75) is 44.9 Å². The second-order valence-corrected chi connectivity index (χ2v) is 20.9. The van der Waals surface area contributed by atoms with Gasteiger partial charge in [-0.25, -0.2) is 9.59 Å². The molecular weight excluding hydrogens is 993 g/mol. The Morgan fingerprint density at radius 2 is 0.684 bits per heavy atom. The Labute approximate surface area is 462 Å². The first-order valence-electron chi connectivity index (χ1n) is 26.7. The molecular formula is C63H70N10O6. The van der Waals surface area contributed by atoms with Gasteiger partial charge in [-0.3, -0.25) is 29.6 Å². The van der Waals surface area contributed by atoms with Crippen LogP contribution in [0.1, 0.15) is 105 Å². The van der Waals surface area contributed by atoms with E-state index in [4.69, 9.17) is 25.9 Å². The first-order valence-corrected chi connectivity index (χ1v) is 26.7. The third kappa shape index (κ3) is 15.1. The summed E-state index contributed by atoms with van der Waals surface area (Å²) in [7, 11) is 12.2. The zero-order valence-corrected chi connectivity index (χ0v) is 46.0. The average Bonchev–Trinajstić information content (AvgIpc) is 4.30. The van der Waals surface area contributed by atoms with Gasteiger partial charge in [-0.05, 0) is 205 Å². The van der Waals surface area contributed by atoms with Gasteiger partial charge in [0, 0.05) is 49.9 Å². The molecule has 16 nitrogen and oxygen atoms in total. The molecule has 4 aliphatic rings. The number of nitrogens with two attached hydrogens (primary N) is 1. The van der Waals surface area contributed by atoms with Crippen LogP contribution in [0.5, 0.6) is 0 Å². The molecule has 79 heavy (non-hydrogen) atoms. The number of nitrogens with zero attached hydrogens (tertiary/aromatic N) is 7. The van der Waals surface area contributed by atoms with Crippen LogP contribution < -0.4 is 16.4 Å². The molecule has 6 aromatic carbocycles. The second kappa shape index (κ2) is 26.4. The molecule has 4 heterocycles. The highest BCUT2D eigenvalue weighted by atomic mass is 16.4. The smallest absolute Gasteiger partial charge is 0.335 e. The van der Waals surface area contributed by atoms with Crippen molar-refractivity contribution in [3.8, 4) is 0 Å². The fourth-order valence-electron chi connectivity index (χ4n) is 9.54. The summed E-state index contributed by atoms with van der Waals surface area (Å²) < 4.78 is 0. The summed E-state index contributed by atoms with van der Waals surface area (Å²) in [5.41, 5.74) is 22.5. The molecule has 4 aliphatic heterocycles. The SMILES string of the molecule is CN(C)CCCN.CN(C)CCCNC(=O)c1ccc2c(c1)CC(c1ccc(C3=Nc4ccc(C(=O)NCCCN(C)C)cc4C3)cc1)=N2.O=C(O)c1ccc2c(c1)CC(c1ccc(C3=Nc4ccc(C(=O)O)cc4C3)cc1)=N2. The van der Waals surface area contributed by atoms with Crippen molar-refractivity contribution in [2.75, 3.05) is 81.6 Å². The van der Waals surface area contributed by atoms with Gasteiger partial charge in [0.2, 0.25) is 0 Å². The second-order valence-electron chi connectivity index (χ2n) is 20.9. The van der Waals surface area contributed by atoms with Gasteiger partial charge in [-0.15, -0.1) is 0 Å². The van der Waals surface area contributed by atoms with Gasteiger partial charge in [0.25, 0.3) is 11.8 Å². The van der Waals surface area contributed by atoms with Crippen molar-refractivity contribution in [3.63, 3.8) is 0 Å². The van der Waals surface area contributed by atoms with Crippen LogP contribution in [0.3, 0.4) is 0 Å². The minimum absolute atomic E-state index is 0.0413. The fourth-order valence-corrected chi connectivity index (χ4v) is 9.54. The van der Waals surface area contributed by atoms with E-state index >= 15 is 0 Å². The van der Waals surface area contributed by atoms with Crippen molar-refractivity contribution < 1.29 is 29.4 Å². The standard InChI is InChI=1S/C34H40N6O2.C24H16N2O4.C5H14N2/c1-39(2)17-5-15-35-33(41)25-11-13-29-27(19-25)21-31(37-29)23-7-9-24(10-8-23)32-22-28-20-26(12-14-30(28)38-32)34(42)36-16-6-18-40(3)4;27-23(28)15-5-7-19-17(9-15)11-21(25-19)13-1-2-14(4-3-13)22-12-18-10-16(24(29)30)6-8-20(18)26-22;1-7(2)5-3-4-6/h7-14,19-20H,5-6,15-18,21-22H2,1-4H3,(H,35,41)(H,36,42);1-10H,11-12H2,(H,27,28)(H,29,30);3-6H2,1-2H3. The molecule has 0 radical (unpaired) electrons. The molecule has 10 rings (SSSR count). The van der Waals surface area contributed by atoms with E-state index in [0.717, 1.165) is 136 Å². The maximum atomic E-state index is 12.6. The third-order valence-electron chi connectivity index (χ3n) is 13.8. The van der Waals surface area contributed by atoms with Crippen molar-refractivity contribution >= 4 is 69.3 Å². The number of hydrogen-bond donors (Lipinski definition) is 5.